The van der Waals surface area contributed by atoms with Gasteiger partial charge in [0, 0.05) is 6.04 Å². The van der Waals surface area contributed by atoms with Crippen molar-refractivity contribution >= 4 is 5.69 Å². The van der Waals surface area contributed by atoms with Gasteiger partial charge in [0.15, 0.2) is 0 Å². The number of nitrogens with two attached hydrogens (primary N) is 1. The van der Waals surface area contributed by atoms with Crippen molar-refractivity contribution < 1.29 is 4.39 Å². The van der Waals surface area contributed by atoms with Crippen LogP contribution < -0.4 is 11.1 Å². The average Bonchev–Trinajstić information content (AvgIpc) is 2.12. The van der Waals surface area contributed by atoms with E-state index in [4.69, 9.17) is 5.73 Å². The minimum Gasteiger partial charge on any atom is -0.396 e. The Morgan fingerprint density at radius 2 is 2.31 bits per heavy atom. The molecule has 0 aromatic heterocycles. The number of hydrogen-bond donors (Lipinski definition) is 2. The highest BCUT2D eigenvalue weighted by atomic mass is 19.1. The predicted octanol–water partition coefficient (Wildman–Crippen LogP) is 1.61. The molecular formula is C10H13FN2. The van der Waals surface area contributed by atoms with Gasteiger partial charge in [-0.25, -0.2) is 4.39 Å². The number of anilines is 1. The fraction of sp³-hybridized carbons (Fsp3) is 0.400. The minimum atomic E-state index is -0.298. The number of nitrogen functional groups attached to an aromatic ring is 1. The molecule has 2 nitrogen and oxygen atoms in total. The maximum absolute atomic E-state index is 13.1. The van der Waals surface area contributed by atoms with E-state index in [0.29, 0.717) is 5.69 Å². The summed E-state index contributed by atoms with van der Waals surface area (Å²) in [5, 5.41) is 3.31. The Morgan fingerprint density at radius 1 is 1.54 bits per heavy atom. The van der Waals surface area contributed by atoms with E-state index in [9.17, 15) is 4.39 Å². The van der Waals surface area contributed by atoms with Crippen molar-refractivity contribution in [1.29, 1.82) is 0 Å². The predicted molar refractivity (Wildman–Crippen MR) is 50.9 cm³/mol. The molecule has 0 amide bonds. The van der Waals surface area contributed by atoms with Crippen LogP contribution in [0.2, 0.25) is 0 Å². The van der Waals surface area contributed by atoms with Crippen molar-refractivity contribution in [3.63, 3.8) is 0 Å². The van der Waals surface area contributed by atoms with Crippen LogP contribution in [0.5, 0.6) is 0 Å². The Bertz CT molecular complexity index is 336. The van der Waals surface area contributed by atoms with Gasteiger partial charge in [-0.15, -0.1) is 0 Å². The first-order chi connectivity index (χ1) is 6.20. The van der Waals surface area contributed by atoms with Gasteiger partial charge in [-0.05, 0) is 37.1 Å². The molecule has 0 radical (unpaired) electrons. The third kappa shape index (κ3) is 1.29. The maximum Gasteiger partial charge on any atom is 0.146 e. The first-order valence-corrected chi connectivity index (χ1v) is 4.50. The van der Waals surface area contributed by atoms with E-state index in [1.54, 1.807) is 0 Å². The highest BCUT2D eigenvalue weighted by Crippen LogP contribution is 2.28. The van der Waals surface area contributed by atoms with Gasteiger partial charge in [0.1, 0.15) is 5.82 Å². The molecule has 0 saturated heterocycles. The summed E-state index contributed by atoms with van der Waals surface area (Å²) in [6, 6.07) is 3.54. The molecule has 0 spiro atoms. The smallest absolute Gasteiger partial charge is 0.146 e. The van der Waals surface area contributed by atoms with Crippen molar-refractivity contribution in [3.8, 4) is 0 Å². The van der Waals surface area contributed by atoms with Gasteiger partial charge in [-0.2, -0.15) is 0 Å². The van der Waals surface area contributed by atoms with Crippen molar-refractivity contribution in [1.82, 2.24) is 5.32 Å². The summed E-state index contributed by atoms with van der Waals surface area (Å²) in [6.07, 6.45) is 0.823. The SMILES string of the molecule is CC1NCCc2c1ccc(F)c2N. The average molecular weight is 180 g/mol. The van der Waals surface area contributed by atoms with Crippen LogP contribution in [0, 0.1) is 5.82 Å². The monoisotopic (exact) mass is 180 g/mol. The second kappa shape index (κ2) is 3.00. The number of rotatable bonds is 0. The summed E-state index contributed by atoms with van der Waals surface area (Å²) < 4.78 is 13.1. The molecule has 70 valence electrons. The van der Waals surface area contributed by atoms with Crippen molar-refractivity contribution in [2.24, 2.45) is 0 Å². The zero-order valence-corrected chi connectivity index (χ0v) is 7.60. The van der Waals surface area contributed by atoms with E-state index in [1.807, 2.05) is 6.07 Å². The molecule has 0 fully saturated rings. The van der Waals surface area contributed by atoms with Gasteiger partial charge in [-0.1, -0.05) is 6.07 Å². The van der Waals surface area contributed by atoms with Gasteiger partial charge in [0.05, 0.1) is 5.69 Å². The summed E-state index contributed by atoms with van der Waals surface area (Å²) in [5.41, 5.74) is 8.10. The lowest BCUT2D eigenvalue weighted by molar-refractivity contribution is 0.536. The van der Waals surface area contributed by atoms with Crippen LogP contribution in [-0.4, -0.2) is 6.54 Å². The Hall–Kier alpha value is -1.09. The molecule has 1 aliphatic rings. The Kier molecular flexibility index (Phi) is 1.96. The molecule has 0 saturated carbocycles. The summed E-state index contributed by atoms with van der Waals surface area (Å²) in [5.74, 6) is -0.298. The highest BCUT2D eigenvalue weighted by molar-refractivity contribution is 5.54. The Morgan fingerprint density at radius 3 is 3.08 bits per heavy atom. The summed E-state index contributed by atoms with van der Waals surface area (Å²) >= 11 is 0. The molecule has 1 atom stereocenters. The topological polar surface area (TPSA) is 38.0 Å². The molecule has 2 rings (SSSR count). The number of nitrogens with one attached hydrogen (secondary N) is 1. The second-order valence-corrected chi connectivity index (χ2v) is 3.45. The number of benzene rings is 1. The van der Waals surface area contributed by atoms with Crippen LogP contribution in [0.3, 0.4) is 0 Å². The lowest BCUT2D eigenvalue weighted by Crippen LogP contribution is -2.28. The lowest BCUT2D eigenvalue weighted by atomic mass is 9.94. The van der Waals surface area contributed by atoms with E-state index in [0.717, 1.165) is 24.1 Å². The van der Waals surface area contributed by atoms with Gasteiger partial charge in [-0.3, -0.25) is 0 Å². The van der Waals surface area contributed by atoms with Crippen LogP contribution in [0.4, 0.5) is 10.1 Å². The summed E-state index contributed by atoms with van der Waals surface area (Å²) in [6.45, 7) is 2.94. The number of fused-ring (bicyclic) bond motifs is 1. The molecule has 1 aliphatic heterocycles. The Balaban J connectivity index is 2.56. The Labute approximate surface area is 76.9 Å². The van der Waals surface area contributed by atoms with E-state index in [1.165, 1.54) is 6.07 Å². The lowest BCUT2D eigenvalue weighted by Gasteiger charge is -2.25. The molecule has 1 aromatic rings. The molecule has 1 aromatic carbocycles. The van der Waals surface area contributed by atoms with Crippen LogP contribution in [0.1, 0.15) is 24.1 Å². The zero-order chi connectivity index (χ0) is 9.42. The highest BCUT2D eigenvalue weighted by Gasteiger charge is 2.18. The molecule has 3 N–H and O–H groups in total. The first kappa shape index (κ1) is 8.51. The van der Waals surface area contributed by atoms with Gasteiger partial charge < -0.3 is 11.1 Å². The summed E-state index contributed by atoms with van der Waals surface area (Å²) in [4.78, 5) is 0. The molecule has 0 aliphatic carbocycles. The van der Waals surface area contributed by atoms with Crippen LogP contribution in [0.25, 0.3) is 0 Å². The minimum absolute atomic E-state index is 0.284. The van der Waals surface area contributed by atoms with Crippen LogP contribution in [-0.2, 0) is 6.42 Å². The van der Waals surface area contributed by atoms with Crippen molar-refractivity contribution in [3.05, 3.63) is 29.1 Å². The van der Waals surface area contributed by atoms with Gasteiger partial charge >= 0.3 is 0 Å². The van der Waals surface area contributed by atoms with Gasteiger partial charge in [0.2, 0.25) is 0 Å². The van der Waals surface area contributed by atoms with E-state index < -0.39 is 0 Å². The number of hydrogen-bond acceptors (Lipinski definition) is 2. The molecule has 0 bridgehead atoms. The molecule has 13 heavy (non-hydrogen) atoms. The van der Waals surface area contributed by atoms with E-state index in [-0.39, 0.29) is 11.9 Å². The maximum atomic E-state index is 13.1. The normalized spacial score (nSPS) is 21.2. The number of halogens is 1. The second-order valence-electron chi connectivity index (χ2n) is 3.45. The largest absolute Gasteiger partial charge is 0.396 e. The van der Waals surface area contributed by atoms with Crippen molar-refractivity contribution in [2.45, 2.75) is 19.4 Å². The van der Waals surface area contributed by atoms with Gasteiger partial charge in [0.25, 0.3) is 0 Å². The fourth-order valence-electron chi connectivity index (χ4n) is 1.86. The third-order valence-electron chi connectivity index (χ3n) is 2.63. The molecule has 1 unspecified atom stereocenters. The molecule has 1 heterocycles. The zero-order valence-electron chi connectivity index (χ0n) is 7.60. The van der Waals surface area contributed by atoms with Crippen LogP contribution in [0.15, 0.2) is 12.1 Å². The molecule has 3 heteroatoms. The third-order valence-corrected chi connectivity index (χ3v) is 2.63. The quantitative estimate of drug-likeness (QED) is 0.595. The van der Waals surface area contributed by atoms with E-state index in [2.05, 4.69) is 12.2 Å². The fourth-order valence-corrected chi connectivity index (χ4v) is 1.86. The van der Waals surface area contributed by atoms with E-state index >= 15 is 0 Å². The summed E-state index contributed by atoms with van der Waals surface area (Å²) in [7, 11) is 0. The van der Waals surface area contributed by atoms with Crippen molar-refractivity contribution in [2.75, 3.05) is 12.3 Å². The van der Waals surface area contributed by atoms with Crippen LogP contribution >= 0.6 is 0 Å². The molecular weight excluding hydrogens is 167 g/mol. The first-order valence-electron chi connectivity index (χ1n) is 4.50. The standard InChI is InChI=1S/C10H13FN2/c1-6-7-2-3-9(11)10(12)8(7)4-5-13-6/h2-3,6,13H,4-5,12H2,1H3.